The normalized spacial score (nSPS) is 11.5. The van der Waals surface area contributed by atoms with Gasteiger partial charge < -0.3 is 10.6 Å². The average molecular weight is 224 g/mol. The zero-order chi connectivity index (χ0) is 12.2. The minimum Gasteiger partial charge on any atom is -0.350 e. The van der Waals surface area contributed by atoms with E-state index in [4.69, 9.17) is 0 Å². The minimum atomic E-state index is -0.176. The first-order chi connectivity index (χ1) is 7.38. The van der Waals surface area contributed by atoms with Crippen LogP contribution < -0.4 is 10.6 Å². The second kappa shape index (κ2) is 5.12. The molecule has 1 aromatic rings. The summed E-state index contributed by atoms with van der Waals surface area (Å²) in [6.45, 7) is 8.82. The molecule has 0 saturated heterocycles. The lowest BCUT2D eigenvalue weighted by molar-refractivity contribution is -0.121. The predicted molar refractivity (Wildman–Crippen MR) is 62.9 cm³/mol. The van der Waals surface area contributed by atoms with Crippen LogP contribution in [-0.4, -0.2) is 28.2 Å². The van der Waals surface area contributed by atoms with E-state index >= 15 is 0 Å². The Morgan fingerprint density at radius 3 is 2.69 bits per heavy atom. The predicted octanol–water partition coefficient (Wildman–Crippen LogP) is 0.722. The van der Waals surface area contributed by atoms with E-state index in [0.29, 0.717) is 13.1 Å². The first-order valence-corrected chi connectivity index (χ1v) is 5.39. The van der Waals surface area contributed by atoms with Crippen molar-refractivity contribution < 1.29 is 4.79 Å². The highest BCUT2D eigenvalue weighted by atomic mass is 16.2. The molecule has 0 unspecified atom stereocenters. The van der Waals surface area contributed by atoms with Crippen molar-refractivity contribution in [3.8, 4) is 0 Å². The van der Waals surface area contributed by atoms with E-state index in [9.17, 15) is 4.79 Å². The molecule has 1 amide bonds. The maximum atomic E-state index is 11.5. The van der Waals surface area contributed by atoms with Gasteiger partial charge in [0.25, 0.3) is 0 Å². The molecule has 0 radical (unpaired) electrons. The van der Waals surface area contributed by atoms with Crippen LogP contribution in [0.15, 0.2) is 6.20 Å². The summed E-state index contributed by atoms with van der Waals surface area (Å²) in [5, 5.41) is 12.7. The summed E-state index contributed by atoms with van der Waals surface area (Å²) in [5.41, 5.74) is 1.94. The number of carbonyl (C=O) groups excluding carboxylic acids is 1. The Morgan fingerprint density at radius 1 is 1.50 bits per heavy atom. The Bertz CT molecular complexity index is 351. The summed E-state index contributed by atoms with van der Waals surface area (Å²) in [7, 11) is 0. The van der Waals surface area contributed by atoms with Crippen molar-refractivity contribution in [1.29, 1.82) is 0 Å². The smallest absolute Gasteiger partial charge is 0.234 e. The van der Waals surface area contributed by atoms with Gasteiger partial charge in [-0.25, -0.2) is 0 Å². The van der Waals surface area contributed by atoms with Gasteiger partial charge >= 0.3 is 0 Å². The molecule has 0 saturated carbocycles. The molecule has 5 nitrogen and oxygen atoms in total. The first kappa shape index (κ1) is 12.7. The Morgan fingerprint density at radius 2 is 2.19 bits per heavy atom. The van der Waals surface area contributed by atoms with Gasteiger partial charge in [0.2, 0.25) is 5.91 Å². The Labute approximate surface area is 96.0 Å². The summed E-state index contributed by atoms with van der Waals surface area (Å²) in [4.78, 5) is 11.5. The SMILES string of the molecule is Cc1[nH]ncc1CNCC(=O)NC(C)(C)C. The molecule has 16 heavy (non-hydrogen) atoms. The number of aryl methyl sites for hydroxylation is 1. The molecule has 0 aliphatic carbocycles. The van der Waals surface area contributed by atoms with E-state index in [2.05, 4.69) is 20.8 Å². The van der Waals surface area contributed by atoms with Gasteiger partial charge in [0.1, 0.15) is 0 Å². The van der Waals surface area contributed by atoms with Crippen molar-refractivity contribution in [3.63, 3.8) is 0 Å². The summed E-state index contributed by atoms with van der Waals surface area (Å²) >= 11 is 0. The Balaban J connectivity index is 2.26. The van der Waals surface area contributed by atoms with Gasteiger partial charge in [-0.2, -0.15) is 5.10 Å². The van der Waals surface area contributed by atoms with Crippen LogP contribution >= 0.6 is 0 Å². The van der Waals surface area contributed by atoms with Gasteiger partial charge in [0, 0.05) is 23.3 Å². The van der Waals surface area contributed by atoms with Gasteiger partial charge in [-0.3, -0.25) is 9.89 Å². The van der Waals surface area contributed by atoms with Crippen molar-refractivity contribution in [2.75, 3.05) is 6.54 Å². The van der Waals surface area contributed by atoms with E-state index in [-0.39, 0.29) is 11.4 Å². The average Bonchev–Trinajstić information content (AvgIpc) is 2.48. The molecule has 5 heteroatoms. The molecule has 0 aliphatic heterocycles. The van der Waals surface area contributed by atoms with Gasteiger partial charge in [0.05, 0.1) is 12.7 Å². The van der Waals surface area contributed by atoms with Gasteiger partial charge in [0.15, 0.2) is 0 Å². The number of H-pyrrole nitrogens is 1. The summed E-state index contributed by atoms with van der Waals surface area (Å²) in [6, 6.07) is 0. The molecule has 0 fully saturated rings. The maximum Gasteiger partial charge on any atom is 0.234 e. The molecule has 0 aromatic carbocycles. The second-order valence-corrected chi connectivity index (χ2v) is 4.92. The number of hydrogen-bond donors (Lipinski definition) is 3. The third-order valence-corrected chi connectivity index (χ3v) is 2.05. The molecule has 1 rings (SSSR count). The molecule has 0 bridgehead atoms. The lowest BCUT2D eigenvalue weighted by atomic mass is 10.1. The van der Waals surface area contributed by atoms with Crippen LogP contribution in [0.2, 0.25) is 0 Å². The standard InChI is InChI=1S/C11H20N4O/c1-8-9(6-13-15-8)5-12-7-10(16)14-11(2,3)4/h6,12H,5,7H2,1-4H3,(H,13,15)(H,14,16). The summed E-state index contributed by atoms with van der Waals surface area (Å²) in [5.74, 6) is 0.00801. The van der Waals surface area contributed by atoms with E-state index < -0.39 is 0 Å². The third kappa shape index (κ3) is 4.44. The zero-order valence-electron chi connectivity index (χ0n) is 10.3. The van der Waals surface area contributed by atoms with Crippen LogP contribution in [0.25, 0.3) is 0 Å². The number of amides is 1. The number of carbonyl (C=O) groups is 1. The third-order valence-electron chi connectivity index (χ3n) is 2.05. The van der Waals surface area contributed by atoms with Gasteiger partial charge in [-0.1, -0.05) is 0 Å². The van der Waals surface area contributed by atoms with E-state index in [1.807, 2.05) is 27.7 Å². The van der Waals surface area contributed by atoms with Crippen LogP contribution in [0.5, 0.6) is 0 Å². The quantitative estimate of drug-likeness (QED) is 0.706. The highest BCUT2D eigenvalue weighted by Gasteiger charge is 2.12. The number of rotatable bonds is 4. The largest absolute Gasteiger partial charge is 0.350 e. The van der Waals surface area contributed by atoms with E-state index in [0.717, 1.165) is 11.3 Å². The van der Waals surface area contributed by atoms with E-state index in [1.165, 1.54) is 0 Å². The highest BCUT2D eigenvalue weighted by Crippen LogP contribution is 2.01. The van der Waals surface area contributed by atoms with E-state index in [1.54, 1.807) is 6.20 Å². The molecule has 0 spiro atoms. The van der Waals surface area contributed by atoms with Crippen molar-refractivity contribution in [1.82, 2.24) is 20.8 Å². The lowest BCUT2D eigenvalue weighted by Crippen LogP contribution is -2.44. The van der Waals surface area contributed by atoms with Crippen molar-refractivity contribution >= 4 is 5.91 Å². The number of nitrogens with one attached hydrogen (secondary N) is 3. The molecule has 1 aromatic heterocycles. The van der Waals surface area contributed by atoms with Crippen LogP contribution in [0.4, 0.5) is 0 Å². The van der Waals surface area contributed by atoms with Crippen molar-refractivity contribution in [2.24, 2.45) is 0 Å². The fourth-order valence-electron chi connectivity index (χ4n) is 1.33. The Kier molecular flexibility index (Phi) is 4.06. The fourth-order valence-corrected chi connectivity index (χ4v) is 1.33. The zero-order valence-corrected chi connectivity index (χ0v) is 10.3. The van der Waals surface area contributed by atoms with Crippen molar-refractivity contribution in [2.45, 2.75) is 39.8 Å². The number of nitrogens with zero attached hydrogens (tertiary/aromatic N) is 1. The molecule has 90 valence electrons. The molecular formula is C11H20N4O. The Hall–Kier alpha value is -1.36. The topological polar surface area (TPSA) is 69.8 Å². The molecule has 1 heterocycles. The molecule has 0 atom stereocenters. The maximum absolute atomic E-state index is 11.5. The highest BCUT2D eigenvalue weighted by molar-refractivity contribution is 5.78. The number of hydrogen-bond acceptors (Lipinski definition) is 3. The van der Waals surface area contributed by atoms with Crippen LogP contribution in [0.3, 0.4) is 0 Å². The minimum absolute atomic E-state index is 0.00801. The second-order valence-electron chi connectivity index (χ2n) is 4.92. The number of aromatic nitrogens is 2. The lowest BCUT2D eigenvalue weighted by Gasteiger charge is -2.20. The fraction of sp³-hybridized carbons (Fsp3) is 0.636. The number of aromatic amines is 1. The van der Waals surface area contributed by atoms with Crippen molar-refractivity contribution in [3.05, 3.63) is 17.5 Å². The summed E-state index contributed by atoms with van der Waals surface area (Å²) < 4.78 is 0. The molecule has 3 N–H and O–H groups in total. The van der Waals surface area contributed by atoms with Gasteiger partial charge in [-0.05, 0) is 27.7 Å². The van der Waals surface area contributed by atoms with Gasteiger partial charge in [-0.15, -0.1) is 0 Å². The van der Waals surface area contributed by atoms with Crippen LogP contribution in [0, 0.1) is 6.92 Å². The summed E-state index contributed by atoms with van der Waals surface area (Å²) in [6.07, 6.45) is 1.77. The molecule has 0 aliphatic rings. The molecular weight excluding hydrogens is 204 g/mol. The van der Waals surface area contributed by atoms with Crippen LogP contribution in [0.1, 0.15) is 32.0 Å². The monoisotopic (exact) mass is 224 g/mol. The van der Waals surface area contributed by atoms with Crippen LogP contribution in [-0.2, 0) is 11.3 Å². The first-order valence-electron chi connectivity index (χ1n) is 5.39.